The van der Waals surface area contributed by atoms with Gasteiger partial charge in [-0.15, -0.1) is 0 Å². The van der Waals surface area contributed by atoms with Gasteiger partial charge in [0.1, 0.15) is 0 Å². The van der Waals surface area contributed by atoms with Crippen molar-refractivity contribution in [2.75, 3.05) is 0 Å². The Labute approximate surface area is 97.1 Å². The standard InChI is InChI=1S/C9H8F6O3/c1-2-5(17)18-4(3-16)7(11)6(10)8(12,13)9(7,14)15/h3-4,6H,2H2,1H3. The highest BCUT2D eigenvalue weighted by Gasteiger charge is 2.92. The van der Waals surface area contributed by atoms with E-state index in [0.717, 1.165) is 0 Å². The molecule has 1 aliphatic carbocycles. The number of hydrogen-bond acceptors (Lipinski definition) is 3. The molecule has 0 spiro atoms. The van der Waals surface area contributed by atoms with Crippen molar-refractivity contribution in [3.8, 4) is 0 Å². The molecule has 3 atom stereocenters. The van der Waals surface area contributed by atoms with Crippen LogP contribution in [0.3, 0.4) is 0 Å². The van der Waals surface area contributed by atoms with E-state index < -0.39 is 48.5 Å². The van der Waals surface area contributed by atoms with Crippen LogP contribution in [0.25, 0.3) is 0 Å². The molecule has 0 heterocycles. The molecule has 3 nitrogen and oxygen atoms in total. The van der Waals surface area contributed by atoms with E-state index in [0.29, 0.717) is 0 Å². The van der Waals surface area contributed by atoms with Gasteiger partial charge in [0.15, 0.2) is 12.4 Å². The molecule has 0 aromatic rings. The van der Waals surface area contributed by atoms with Crippen molar-refractivity contribution < 1.29 is 40.7 Å². The second-order valence-electron chi connectivity index (χ2n) is 3.73. The summed E-state index contributed by atoms with van der Waals surface area (Å²) in [6.07, 6.45) is -7.91. The number of carbonyl (C=O) groups excluding carboxylic acids is 2. The Bertz CT molecular complexity index is 371. The van der Waals surface area contributed by atoms with Crippen molar-refractivity contribution in [1.29, 1.82) is 0 Å². The SMILES string of the molecule is CCC(=O)OC(C=O)C1(F)C(F)C(F)(F)C1(F)F. The van der Waals surface area contributed by atoms with E-state index in [4.69, 9.17) is 0 Å². The van der Waals surface area contributed by atoms with Crippen molar-refractivity contribution in [2.45, 2.75) is 43.1 Å². The van der Waals surface area contributed by atoms with Gasteiger partial charge in [0, 0.05) is 6.42 Å². The van der Waals surface area contributed by atoms with E-state index in [1.807, 2.05) is 0 Å². The van der Waals surface area contributed by atoms with Crippen LogP contribution in [0.1, 0.15) is 13.3 Å². The highest BCUT2D eigenvalue weighted by molar-refractivity contribution is 5.73. The Morgan fingerprint density at radius 3 is 2.17 bits per heavy atom. The quantitative estimate of drug-likeness (QED) is 0.447. The number of rotatable bonds is 4. The monoisotopic (exact) mass is 278 g/mol. The fraction of sp³-hybridized carbons (Fsp3) is 0.778. The first-order valence-electron chi connectivity index (χ1n) is 4.80. The predicted octanol–water partition coefficient (Wildman–Crippen LogP) is 1.84. The van der Waals surface area contributed by atoms with Crippen LogP contribution in [0.4, 0.5) is 26.3 Å². The Morgan fingerprint density at radius 2 is 1.83 bits per heavy atom. The molecule has 104 valence electrons. The zero-order valence-electron chi connectivity index (χ0n) is 8.93. The number of aldehydes is 1. The summed E-state index contributed by atoms with van der Waals surface area (Å²) in [5.41, 5.74) is -4.55. The third-order valence-corrected chi connectivity index (χ3v) is 2.67. The van der Waals surface area contributed by atoms with Crippen LogP contribution in [0.2, 0.25) is 0 Å². The minimum absolute atomic E-state index is 0.417. The summed E-state index contributed by atoms with van der Waals surface area (Å²) in [7, 11) is 0. The van der Waals surface area contributed by atoms with Gasteiger partial charge in [-0.2, -0.15) is 17.6 Å². The maximum Gasteiger partial charge on any atom is 0.353 e. The lowest BCUT2D eigenvalue weighted by Gasteiger charge is -2.52. The number of ether oxygens (including phenoxy) is 1. The summed E-state index contributed by atoms with van der Waals surface area (Å²) in [6, 6.07) is 0. The molecule has 0 aromatic heterocycles. The van der Waals surface area contributed by atoms with E-state index >= 15 is 0 Å². The van der Waals surface area contributed by atoms with Gasteiger partial charge in [-0.1, -0.05) is 6.92 Å². The van der Waals surface area contributed by atoms with E-state index in [9.17, 15) is 35.9 Å². The molecule has 1 saturated carbocycles. The normalized spacial score (nSPS) is 34.3. The molecular formula is C9H8F6O3. The molecule has 0 radical (unpaired) electrons. The van der Waals surface area contributed by atoms with Crippen LogP contribution < -0.4 is 0 Å². The number of alkyl halides is 6. The van der Waals surface area contributed by atoms with Crippen molar-refractivity contribution in [3.63, 3.8) is 0 Å². The number of halogens is 6. The third-order valence-electron chi connectivity index (χ3n) is 2.67. The lowest BCUT2D eigenvalue weighted by Crippen LogP contribution is -2.82. The fourth-order valence-electron chi connectivity index (χ4n) is 1.52. The largest absolute Gasteiger partial charge is 0.451 e. The molecule has 0 amide bonds. The summed E-state index contributed by atoms with van der Waals surface area (Å²) < 4.78 is 81.2. The molecule has 0 bridgehead atoms. The number of hydrogen-bond donors (Lipinski definition) is 0. The van der Waals surface area contributed by atoms with E-state index in [-0.39, 0.29) is 0 Å². The molecule has 0 N–H and O–H groups in total. The third kappa shape index (κ3) is 1.52. The number of carbonyl (C=O) groups is 2. The van der Waals surface area contributed by atoms with Crippen molar-refractivity contribution >= 4 is 12.3 Å². The van der Waals surface area contributed by atoms with Gasteiger partial charge in [-0.3, -0.25) is 9.59 Å². The first-order valence-corrected chi connectivity index (χ1v) is 4.80. The lowest BCUT2D eigenvalue weighted by atomic mass is 9.68. The van der Waals surface area contributed by atoms with Crippen LogP contribution >= 0.6 is 0 Å². The zero-order valence-corrected chi connectivity index (χ0v) is 8.93. The second-order valence-corrected chi connectivity index (χ2v) is 3.73. The van der Waals surface area contributed by atoms with Crippen molar-refractivity contribution in [1.82, 2.24) is 0 Å². The molecule has 0 aliphatic heterocycles. The molecule has 3 unspecified atom stereocenters. The molecular weight excluding hydrogens is 270 g/mol. The van der Waals surface area contributed by atoms with Crippen molar-refractivity contribution in [3.05, 3.63) is 0 Å². The van der Waals surface area contributed by atoms with Gasteiger partial charge in [0.25, 0.3) is 5.67 Å². The van der Waals surface area contributed by atoms with E-state index in [2.05, 4.69) is 4.74 Å². The van der Waals surface area contributed by atoms with Gasteiger partial charge in [0.2, 0.25) is 6.17 Å². The summed E-state index contributed by atoms with van der Waals surface area (Å²) >= 11 is 0. The molecule has 0 aromatic carbocycles. The van der Waals surface area contributed by atoms with Crippen LogP contribution in [0.5, 0.6) is 0 Å². The summed E-state index contributed by atoms with van der Waals surface area (Å²) in [4.78, 5) is 21.1. The molecule has 18 heavy (non-hydrogen) atoms. The Kier molecular flexibility index (Phi) is 3.39. The second kappa shape index (κ2) is 4.13. The molecule has 1 fully saturated rings. The predicted molar refractivity (Wildman–Crippen MR) is 44.9 cm³/mol. The van der Waals surface area contributed by atoms with Gasteiger partial charge in [-0.25, -0.2) is 8.78 Å². The maximum atomic E-state index is 13.6. The minimum atomic E-state index is -5.43. The molecule has 9 heteroatoms. The van der Waals surface area contributed by atoms with Gasteiger partial charge in [-0.05, 0) is 0 Å². The highest BCUT2D eigenvalue weighted by Crippen LogP contribution is 2.63. The van der Waals surface area contributed by atoms with Gasteiger partial charge in [0.05, 0.1) is 0 Å². The van der Waals surface area contributed by atoms with E-state index in [1.54, 1.807) is 0 Å². The first-order chi connectivity index (χ1) is 8.07. The minimum Gasteiger partial charge on any atom is -0.451 e. The molecule has 0 saturated heterocycles. The average molecular weight is 278 g/mol. The zero-order chi connectivity index (χ0) is 14.4. The van der Waals surface area contributed by atoms with Gasteiger partial charge >= 0.3 is 17.8 Å². The summed E-state index contributed by atoms with van der Waals surface area (Å²) in [5, 5.41) is 0. The van der Waals surface area contributed by atoms with E-state index in [1.165, 1.54) is 6.92 Å². The fourth-order valence-corrected chi connectivity index (χ4v) is 1.52. The average Bonchev–Trinajstić information content (AvgIpc) is 2.32. The Balaban J connectivity index is 3.06. The maximum absolute atomic E-state index is 13.6. The van der Waals surface area contributed by atoms with Crippen LogP contribution in [-0.4, -0.2) is 42.0 Å². The van der Waals surface area contributed by atoms with Gasteiger partial charge < -0.3 is 4.74 Å². The smallest absolute Gasteiger partial charge is 0.353 e. The summed E-state index contributed by atoms with van der Waals surface area (Å²) in [6.45, 7) is 1.19. The van der Waals surface area contributed by atoms with Crippen LogP contribution in [-0.2, 0) is 14.3 Å². The topological polar surface area (TPSA) is 43.4 Å². The number of esters is 1. The summed E-state index contributed by atoms with van der Waals surface area (Å²) in [5.74, 6) is -12.0. The highest BCUT2D eigenvalue weighted by atomic mass is 19.3. The molecule has 1 aliphatic rings. The Morgan fingerprint density at radius 1 is 1.33 bits per heavy atom. The molecule has 1 rings (SSSR count). The Hall–Kier alpha value is -1.28. The van der Waals surface area contributed by atoms with Crippen LogP contribution in [0.15, 0.2) is 0 Å². The van der Waals surface area contributed by atoms with Crippen molar-refractivity contribution in [2.24, 2.45) is 0 Å². The van der Waals surface area contributed by atoms with Crippen LogP contribution in [0, 0.1) is 0 Å². The lowest BCUT2D eigenvalue weighted by molar-refractivity contribution is -0.407. The first kappa shape index (κ1) is 14.8.